The molecule has 4 N–H and O–H groups in total. The molecule has 4 rings (SSSR count). The van der Waals surface area contributed by atoms with Crippen LogP contribution in [0.3, 0.4) is 0 Å². The van der Waals surface area contributed by atoms with Crippen molar-refractivity contribution >= 4 is 23.5 Å². The van der Waals surface area contributed by atoms with E-state index in [9.17, 15) is 24.3 Å². The second-order valence-electron chi connectivity index (χ2n) is 8.10. The van der Waals surface area contributed by atoms with Crippen molar-refractivity contribution in [3.8, 4) is 6.07 Å². The molecule has 2 fully saturated rings. The monoisotopic (exact) mass is 426 g/mol. The summed E-state index contributed by atoms with van der Waals surface area (Å²) in [5.74, 6) is -0.974. The Balaban J connectivity index is 1.72. The zero-order chi connectivity index (χ0) is 22.1. The molecule has 1 aromatic heterocycles. The van der Waals surface area contributed by atoms with Gasteiger partial charge in [0.15, 0.2) is 5.82 Å². The molecule has 1 aliphatic carbocycles. The summed E-state index contributed by atoms with van der Waals surface area (Å²) in [6.07, 6.45) is 3.53. The van der Waals surface area contributed by atoms with Crippen molar-refractivity contribution in [3.63, 3.8) is 0 Å². The van der Waals surface area contributed by atoms with Gasteiger partial charge in [-0.3, -0.25) is 9.48 Å². The van der Waals surface area contributed by atoms with Crippen molar-refractivity contribution in [1.82, 2.24) is 14.7 Å². The highest BCUT2D eigenvalue weighted by molar-refractivity contribution is 5.98. The molecule has 0 spiro atoms. The number of likely N-dealkylation sites (tertiary alicyclic amines) is 1. The highest BCUT2D eigenvalue weighted by Gasteiger charge is 2.44. The van der Waals surface area contributed by atoms with Crippen LogP contribution in [0.5, 0.6) is 0 Å². The predicted molar refractivity (Wildman–Crippen MR) is 109 cm³/mol. The molecule has 1 aromatic carbocycles. The van der Waals surface area contributed by atoms with Crippen molar-refractivity contribution in [2.75, 3.05) is 11.9 Å². The number of hydrogen-bond acceptors (Lipinski definition) is 5. The number of halogens is 1. The van der Waals surface area contributed by atoms with Crippen molar-refractivity contribution in [3.05, 3.63) is 41.8 Å². The first-order valence-electron chi connectivity index (χ1n) is 10.2. The van der Waals surface area contributed by atoms with Gasteiger partial charge in [0.1, 0.15) is 11.4 Å². The molecule has 1 saturated heterocycles. The van der Waals surface area contributed by atoms with E-state index in [1.807, 2.05) is 0 Å². The third kappa shape index (κ3) is 4.30. The molecule has 3 unspecified atom stereocenters. The van der Waals surface area contributed by atoms with Crippen LogP contribution in [0.25, 0.3) is 0 Å². The summed E-state index contributed by atoms with van der Waals surface area (Å²) in [5.41, 5.74) is 6.16. The summed E-state index contributed by atoms with van der Waals surface area (Å²) in [6.45, 7) is 0.284. The standard InChI is InChI=1S/C21H23FN6O3/c22-14-3-5-15(6-4-14)25-20-16(19(24)29)11-28(26-20)18-13(10-23)7-8-27(21(30)31)17(18)9-12-1-2-12/h3-6,11-13,17-18H,1-2,7-9H2,(H2,24,29)(H,25,26)(H,30,31). The van der Waals surface area contributed by atoms with Crippen LogP contribution in [0.1, 0.15) is 42.1 Å². The number of benzene rings is 1. The third-order valence-corrected chi connectivity index (χ3v) is 5.98. The smallest absolute Gasteiger partial charge is 0.407 e. The molecule has 0 radical (unpaired) electrons. The largest absolute Gasteiger partial charge is 0.465 e. The molecule has 9 nitrogen and oxygen atoms in total. The van der Waals surface area contributed by atoms with Gasteiger partial charge in [-0.05, 0) is 43.0 Å². The minimum Gasteiger partial charge on any atom is -0.465 e. The van der Waals surface area contributed by atoms with E-state index in [1.54, 1.807) is 0 Å². The lowest BCUT2D eigenvalue weighted by Gasteiger charge is -2.42. The minimum absolute atomic E-state index is 0.110. The molecule has 3 atom stereocenters. The van der Waals surface area contributed by atoms with Crippen molar-refractivity contribution in [2.45, 2.75) is 37.8 Å². The molecular weight excluding hydrogens is 403 g/mol. The average molecular weight is 426 g/mol. The van der Waals surface area contributed by atoms with Crippen LogP contribution in [0.2, 0.25) is 0 Å². The number of rotatable bonds is 6. The van der Waals surface area contributed by atoms with Crippen molar-refractivity contribution in [1.29, 1.82) is 5.26 Å². The molecule has 1 saturated carbocycles. The molecule has 10 heteroatoms. The number of nitrogens with two attached hydrogens (primary N) is 1. The maximum atomic E-state index is 13.2. The Morgan fingerprint density at radius 3 is 2.58 bits per heavy atom. The van der Waals surface area contributed by atoms with Gasteiger partial charge < -0.3 is 21.1 Å². The molecule has 31 heavy (non-hydrogen) atoms. The topological polar surface area (TPSA) is 137 Å². The number of carbonyl (C=O) groups is 2. The van der Waals surface area contributed by atoms with Gasteiger partial charge >= 0.3 is 6.09 Å². The summed E-state index contributed by atoms with van der Waals surface area (Å²) in [4.78, 5) is 25.3. The number of nitrogens with zero attached hydrogens (tertiary/aromatic N) is 4. The number of carbonyl (C=O) groups excluding carboxylic acids is 1. The van der Waals surface area contributed by atoms with Gasteiger partial charge in [-0.15, -0.1) is 0 Å². The first-order chi connectivity index (χ1) is 14.9. The lowest BCUT2D eigenvalue weighted by atomic mass is 9.84. The Morgan fingerprint density at radius 2 is 2.00 bits per heavy atom. The number of hydrogen-bond donors (Lipinski definition) is 3. The zero-order valence-electron chi connectivity index (χ0n) is 16.7. The summed E-state index contributed by atoms with van der Waals surface area (Å²) >= 11 is 0. The molecular formula is C21H23FN6O3. The normalized spacial score (nSPS) is 23.2. The number of anilines is 2. The Morgan fingerprint density at radius 1 is 1.29 bits per heavy atom. The molecule has 2 aromatic rings. The number of amides is 2. The molecule has 2 heterocycles. The van der Waals surface area contributed by atoms with Crippen LogP contribution >= 0.6 is 0 Å². The first kappa shape index (κ1) is 20.7. The van der Waals surface area contributed by atoms with Crippen LogP contribution in [0, 0.1) is 29.0 Å². The van der Waals surface area contributed by atoms with Crippen molar-refractivity contribution in [2.24, 2.45) is 17.6 Å². The van der Waals surface area contributed by atoms with E-state index in [4.69, 9.17) is 5.73 Å². The van der Waals surface area contributed by atoms with Gasteiger partial charge in [0, 0.05) is 18.4 Å². The van der Waals surface area contributed by atoms with E-state index in [1.165, 1.54) is 40.0 Å². The van der Waals surface area contributed by atoms with Gasteiger partial charge in [0.2, 0.25) is 0 Å². The second-order valence-corrected chi connectivity index (χ2v) is 8.10. The van der Waals surface area contributed by atoms with E-state index in [0.717, 1.165) is 12.8 Å². The summed E-state index contributed by atoms with van der Waals surface area (Å²) in [6, 6.07) is 6.86. The predicted octanol–water partition coefficient (Wildman–Crippen LogP) is 3.10. The van der Waals surface area contributed by atoms with E-state index in [2.05, 4.69) is 16.5 Å². The van der Waals surface area contributed by atoms with Crippen LogP contribution in [-0.4, -0.2) is 44.4 Å². The fourth-order valence-corrected chi connectivity index (χ4v) is 4.26. The average Bonchev–Trinajstić information content (AvgIpc) is 3.46. The van der Waals surface area contributed by atoms with Gasteiger partial charge in [-0.1, -0.05) is 12.8 Å². The number of nitrogens with one attached hydrogen (secondary N) is 1. The number of primary amides is 1. The quantitative estimate of drug-likeness (QED) is 0.649. The lowest BCUT2D eigenvalue weighted by molar-refractivity contribution is 0.0551. The number of carboxylic acid groups (broad SMARTS) is 1. The van der Waals surface area contributed by atoms with Gasteiger partial charge in [0.05, 0.1) is 24.1 Å². The Bertz CT molecular complexity index is 1030. The van der Waals surface area contributed by atoms with Crippen LogP contribution in [0.15, 0.2) is 30.5 Å². The van der Waals surface area contributed by atoms with Crippen LogP contribution in [-0.2, 0) is 0 Å². The van der Waals surface area contributed by atoms with Gasteiger partial charge in [-0.25, -0.2) is 9.18 Å². The molecule has 1 aliphatic heterocycles. The molecule has 2 aliphatic rings. The van der Waals surface area contributed by atoms with Crippen LogP contribution in [0.4, 0.5) is 20.7 Å². The molecule has 2 amide bonds. The Labute approximate surface area is 178 Å². The SMILES string of the molecule is N#CC1CCN(C(=O)O)C(CC2CC2)C1n1cc(C(N)=O)c(Nc2ccc(F)cc2)n1. The minimum atomic E-state index is -1.03. The highest BCUT2D eigenvalue weighted by atomic mass is 19.1. The molecule has 162 valence electrons. The third-order valence-electron chi connectivity index (χ3n) is 5.98. The number of piperidine rings is 1. The van der Waals surface area contributed by atoms with E-state index in [0.29, 0.717) is 24.4 Å². The first-order valence-corrected chi connectivity index (χ1v) is 10.2. The zero-order valence-corrected chi connectivity index (χ0v) is 16.7. The summed E-state index contributed by atoms with van der Waals surface area (Å²) in [7, 11) is 0. The fraction of sp³-hybridized carbons (Fsp3) is 0.429. The second kappa shape index (κ2) is 8.26. The number of aromatic nitrogens is 2. The van der Waals surface area contributed by atoms with E-state index in [-0.39, 0.29) is 17.9 Å². The lowest BCUT2D eigenvalue weighted by Crippen LogP contribution is -2.52. The fourth-order valence-electron chi connectivity index (χ4n) is 4.26. The van der Waals surface area contributed by atoms with Crippen molar-refractivity contribution < 1.29 is 19.1 Å². The maximum absolute atomic E-state index is 13.2. The van der Waals surface area contributed by atoms with E-state index < -0.39 is 35.8 Å². The van der Waals surface area contributed by atoms with Crippen LogP contribution < -0.4 is 11.1 Å². The summed E-state index contributed by atoms with van der Waals surface area (Å²) < 4.78 is 14.7. The Kier molecular flexibility index (Phi) is 5.50. The number of nitriles is 1. The van der Waals surface area contributed by atoms with Gasteiger partial charge in [0.25, 0.3) is 5.91 Å². The highest BCUT2D eigenvalue weighted by Crippen LogP contribution is 2.42. The summed E-state index contributed by atoms with van der Waals surface area (Å²) in [5, 5.41) is 26.9. The van der Waals surface area contributed by atoms with Gasteiger partial charge in [-0.2, -0.15) is 10.4 Å². The maximum Gasteiger partial charge on any atom is 0.407 e. The van der Waals surface area contributed by atoms with E-state index >= 15 is 0 Å². The Hall–Kier alpha value is -3.61. The molecule has 0 bridgehead atoms.